The van der Waals surface area contributed by atoms with Crippen LogP contribution < -0.4 is 5.32 Å². The highest BCUT2D eigenvalue weighted by molar-refractivity contribution is 7.15. The summed E-state index contributed by atoms with van der Waals surface area (Å²) in [6, 6.07) is 12.3. The number of nitrogens with one attached hydrogen (secondary N) is 1. The maximum Gasteiger partial charge on any atom is 0.225 e. The smallest absolute Gasteiger partial charge is 0.225 e. The molecular weight excluding hydrogens is 382 g/mol. The van der Waals surface area contributed by atoms with Crippen molar-refractivity contribution < 1.29 is 13.6 Å². The molecule has 0 bridgehead atoms. The number of likely N-dealkylation sites (tertiary alicyclic amines) is 1. The minimum Gasteiger partial charge on any atom is -0.354 e. The Hall–Kier alpha value is -2.87. The van der Waals surface area contributed by atoms with Crippen LogP contribution in [-0.4, -0.2) is 34.1 Å². The zero-order chi connectivity index (χ0) is 19.7. The molecule has 2 atom stereocenters. The third-order valence-corrected chi connectivity index (χ3v) is 5.73. The average molecular weight is 400 g/mol. The monoisotopic (exact) mass is 400 g/mol. The summed E-state index contributed by atoms with van der Waals surface area (Å²) in [5, 5.41) is 12.8. The molecule has 1 aliphatic rings. The van der Waals surface area contributed by atoms with Crippen LogP contribution in [0.4, 0.5) is 13.9 Å². The van der Waals surface area contributed by atoms with Gasteiger partial charge in [-0.05, 0) is 29.3 Å². The lowest BCUT2D eigenvalue weighted by molar-refractivity contribution is -0.127. The average Bonchev–Trinajstić information content (AvgIpc) is 3.22. The van der Waals surface area contributed by atoms with Gasteiger partial charge in [0, 0.05) is 19.9 Å². The lowest BCUT2D eigenvalue weighted by atomic mass is 10.0. The molecule has 2 heterocycles. The molecule has 1 amide bonds. The fourth-order valence-corrected chi connectivity index (χ4v) is 4.29. The molecule has 5 nitrogen and oxygen atoms in total. The maximum absolute atomic E-state index is 13.8. The molecule has 1 aliphatic heterocycles. The van der Waals surface area contributed by atoms with E-state index in [1.807, 2.05) is 0 Å². The van der Waals surface area contributed by atoms with Gasteiger partial charge < -0.3 is 10.2 Å². The van der Waals surface area contributed by atoms with Crippen molar-refractivity contribution in [1.82, 2.24) is 15.1 Å². The molecule has 3 aromatic rings. The first-order valence-electron chi connectivity index (χ1n) is 8.84. The van der Waals surface area contributed by atoms with Crippen molar-refractivity contribution in [3.8, 4) is 0 Å². The number of rotatable bonds is 5. The standard InChI is InChI=1S/C20H18F2N4OS/c1-26-18(27)11-16(19(26)12-6-8-14(21)9-7-12)23-20-25-24-17(28-20)10-13-4-2-3-5-15(13)22/h2-9,16,19H,10-11H2,1H3,(H,23,25). The van der Waals surface area contributed by atoms with Crippen LogP contribution in [0.2, 0.25) is 0 Å². The normalized spacial score (nSPS) is 19.2. The molecule has 2 unspecified atom stereocenters. The molecule has 1 fully saturated rings. The van der Waals surface area contributed by atoms with Gasteiger partial charge in [-0.2, -0.15) is 0 Å². The van der Waals surface area contributed by atoms with E-state index in [9.17, 15) is 13.6 Å². The van der Waals surface area contributed by atoms with E-state index in [4.69, 9.17) is 0 Å². The number of hydrogen-bond donors (Lipinski definition) is 1. The van der Waals surface area contributed by atoms with E-state index < -0.39 is 0 Å². The summed E-state index contributed by atoms with van der Waals surface area (Å²) >= 11 is 1.34. The number of halogens is 2. The predicted octanol–water partition coefficient (Wildman–Crippen LogP) is 3.79. The number of anilines is 1. The Morgan fingerprint density at radius 3 is 2.64 bits per heavy atom. The van der Waals surface area contributed by atoms with Crippen LogP contribution in [0.15, 0.2) is 48.5 Å². The topological polar surface area (TPSA) is 58.1 Å². The van der Waals surface area contributed by atoms with Gasteiger partial charge in [-0.25, -0.2) is 8.78 Å². The zero-order valence-corrected chi connectivity index (χ0v) is 15.9. The summed E-state index contributed by atoms with van der Waals surface area (Å²) < 4.78 is 27.1. The Morgan fingerprint density at radius 1 is 1.14 bits per heavy atom. The molecule has 144 valence electrons. The quantitative estimate of drug-likeness (QED) is 0.708. The van der Waals surface area contributed by atoms with E-state index >= 15 is 0 Å². The Morgan fingerprint density at radius 2 is 1.89 bits per heavy atom. The summed E-state index contributed by atoms with van der Waals surface area (Å²) in [5.74, 6) is -0.586. The van der Waals surface area contributed by atoms with Crippen molar-refractivity contribution >= 4 is 22.4 Å². The summed E-state index contributed by atoms with van der Waals surface area (Å²) in [7, 11) is 1.74. The number of nitrogens with zero attached hydrogens (tertiary/aromatic N) is 3. The third-order valence-electron chi connectivity index (χ3n) is 4.87. The van der Waals surface area contributed by atoms with Gasteiger partial charge >= 0.3 is 0 Å². The molecule has 0 saturated carbocycles. The highest BCUT2D eigenvalue weighted by Gasteiger charge is 2.39. The van der Waals surface area contributed by atoms with Gasteiger partial charge in [0.1, 0.15) is 16.6 Å². The van der Waals surface area contributed by atoms with Gasteiger partial charge in [0.05, 0.1) is 12.1 Å². The van der Waals surface area contributed by atoms with E-state index in [1.165, 1.54) is 29.5 Å². The minimum absolute atomic E-state index is 0.00270. The van der Waals surface area contributed by atoms with Gasteiger partial charge in [-0.15, -0.1) is 10.2 Å². The highest BCUT2D eigenvalue weighted by Crippen LogP contribution is 2.34. The molecule has 0 aliphatic carbocycles. The van der Waals surface area contributed by atoms with Crippen molar-refractivity contribution in [3.63, 3.8) is 0 Å². The minimum atomic E-state index is -0.317. The van der Waals surface area contributed by atoms with E-state index in [1.54, 1.807) is 42.3 Å². The number of benzene rings is 2. The summed E-state index contributed by atoms with van der Waals surface area (Å²) in [5.41, 5.74) is 1.41. The third kappa shape index (κ3) is 3.73. The van der Waals surface area contributed by atoms with Gasteiger partial charge in [0.2, 0.25) is 11.0 Å². The largest absolute Gasteiger partial charge is 0.354 e. The second-order valence-electron chi connectivity index (χ2n) is 6.73. The first kappa shape index (κ1) is 18.5. The van der Waals surface area contributed by atoms with Gasteiger partial charge in [-0.1, -0.05) is 41.7 Å². The van der Waals surface area contributed by atoms with Crippen molar-refractivity contribution in [1.29, 1.82) is 0 Å². The lowest BCUT2D eigenvalue weighted by Gasteiger charge is -2.25. The number of likely N-dealkylation sites (N-methyl/N-ethyl adjacent to an activating group) is 1. The fourth-order valence-electron chi connectivity index (χ4n) is 3.46. The summed E-state index contributed by atoms with van der Waals surface area (Å²) in [6.07, 6.45) is 0.664. The van der Waals surface area contributed by atoms with E-state index in [2.05, 4.69) is 15.5 Å². The maximum atomic E-state index is 13.8. The molecule has 1 N–H and O–H groups in total. The van der Waals surface area contributed by atoms with Crippen LogP contribution in [0.1, 0.15) is 28.6 Å². The van der Waals surface area contributed by atoms with Crippen LogP contribution >= 0.6 is 11.3 Å². The summed E-state index contributed by atoms with van der Waals surface area (Å²) in [6.45, 7) is 0. The molecule has 0 spiro atoms. The van der Waals surface area contributed by atoms with Gasteiger partial charge in [-0.3, -0.25) is 4.79 Å². The lowest BCUT2D eigenvalue weighted by Crippen LogP contribution is -2.29. The molecule has 0 radical (unpaired) electrons. The second-order valence-corrected chi connectivity index (χ2v) is 7.79. The molecule has 28 heavy (non-hydrogen) atoms. The number of aromatic nitrogens is 2. The van der Waals surface area contributed by atoms with Crippen molar-refractivity contribution in [2.24, 2.45) is 0 Å². The molecule has 2 aromatic carbocycles. The second kappa shape index (κ2) is 7.63. The Bertz CT molecular complexity index is 992. The molecule has 4 rings (SSSR count). The van der Waals surface area contributed by atoms with Crippen LogP contribution in [0.3, 0.4) is 0 Å². The molecule has 1 saturated heterocycles. The van der Waals surface area contributed by atoms with E-state index in [0.29, 0.717) is 28.5 Å². The van der Waals surface area contributed by atoms with Crippen molar-refractivity contribution in [3.05, 3.63) is 76.3 Å². The number of carbonyl (C=O) groups is 1. The van der Waals surface area contributed by atoms with Crippen molar-refractivity contribution in [2.75, 3.05) is 12.4 Å². The first-order chi connectivity index (χ1) is 13.5. The predicted molar refractivity (Wildman–Crippen MR) is 103 cm³/mol. The van der Waals surface area contributed by atoms with Crippen LogP contribution in [0.25, 0.3) is 0 Å². The van der Waals surface area contributed by atoms with Gasteiger partial charge in [0.15, 0.2) is 0 Å². The van der Waals surface area contributed by atoms with Crippen LogP contribution in [0.5, 0.6) is 0 Å². The molecule has 1 aromatic heterocycles. The fraction of sp³-hybridized carbons (Fsp3) is 0.250. The summed E-state index contributed by atoms with van der Waals surface area (Å²) in [4.78, 5) is 13.9. The number of amides is 1. The highest BCUT2D eigenvalue weighted by atomic mass is 32.1. The van der Waals surface area contributed by atoms with E-state index in [0.717, 1.165) is 5.56 Å². The van der Waals surface area contributed by atoms with Crippen molar-refractivity contribution in [2.45, 2.75) is 24.9 Å². The molecular formula is C20H18F2N4OS. The SMILES string of the molecule is CN1C(=O)CC(Nc2nnc(Cc3ccccc3F)s2)C1c1ccc(F)cc1. The Balaban J connectivity index is 1.51. The Kier molecular flexibility index (Phi) is 5.04. The van der Waals surface area contributed by atoms with E-state index in [-0.39, 0.29) is 29.6 Å². The first-order valence-corrected chi connectivity index (χ1v) is 9.66. The zero-order valence-electron chi connectivity index (χ0n) is 15.1. The Labute approximate surface area is 165 Å². The van der Waals surface area contributed by atoms with Crippen LogP contribution in [0, 0.1) is 11.6 Å². The van der Waals surface area contributed by atoms with Crippen LogP contribution in [-0.2, 0) is 11.2 Å². The van der Waals surface area contributed by atoms with Gasteiger partial charge in [0.25, 0.3) is 0 Å². The molecule has 8 heteroatoms. The number of hydrogen-bond acceptors (Lipinski definition) is 5. The number of carbonyl (C=O) groups excluding carboxylic acids is 1.